The van der Waals surface area contributed by atoms with Gasteiger partial charge in [0.2, 0.25) is 0 Å². The van der Waals surface area contributed by atoms with Crippen molar-refractivity contribution in [2.45, 2.75) is 46.4 Å². The van der Waals surface area contributed by atoms with Crippen LogP contribution in [0.2, 0.25) is 0 Å². The maximum Gasteiger partial charge on any atom is 0.269 e. The van der Waals surface area contributed by atoms with Crippen molar-refractivity contribution in [3.63, 3.8) is 0 Å². The van der Waals surface area contributed by atoms with Crippen LogP contribution in [0, 0.1) is 12.2 Å². The fourth-order valence-electron chi connectivity index (χ4n) is 7.94. The highest BCUT2D eigenvalue weighted by Gasteiger charge is 2.22. The first-order chi connectivity index (χ1) is 34.6. The largest absolute Gasteiger partial charge is 0.458 e. The van der Waals surface area contributed by atoms with Crippen LogP contribution in [0.25, 0.3) is 72.3 Å². The molecule has 0 radical (unpaired) electrons. The molecule has 5 heteroatoms. The first kappa shape index (κ1) is 26.8. The summed E-state index contributed by atoms with van der Waals surface area (Å²) in [7, 11) is 0. The van der Waals surface area contributed by atoms with Crippen LogP contribution in [0.4, 0.5) is 0 Å². The molecule has 0 unspecified atom stereocenters. The maximum absolute atomic E-state index is 9.13. The van der Waals surface area contributed by atoms with Crippen molar-refractivity contribution in [3.05, 3.63) is 199 Å². The third-order valence-electron chi connectivity index (χ3n) is 10.7. The van der Waals surface area contributed by atoms with Crippen LogP contribution in [0.3, 0.4) is 0 Å². The molecule has 0 N–H and O–H groups in total. The molecule has 5 nitrogen and oxygen atoms in total. The van der Waals surface area contributed by atoms with Gasteiger partial charge in [-0.1, -0.05) is 155 Å². The number of pyridine rings is 1. The molecule has 0 aliphatic heterocycles. The Kier molecular flexibility index (Phi) is 6.77. The van der Waals surface area contributed by atoms with Crippen LogP contribution in [-0.2, 0) is 11.8 Å². The second-order valence-corrected chi connectivity index (χ2v) is 16.3. The molecule has 3 heterocycles. The van der Waals surface area contributed by atoms with Crippen molar-refractivity contribution in [3.8, 4) is 50.9 Å². The average molecular weight is 805 g/mol. The smallest absolute Gasteiger partial charge is 0.269 e. The number of fused-ring (bicyclic) bond motifs is 4. The summed E-state index contributed by atoms with van der Waals surface area (Å²) < 4.78 is 118. The molecule has 0 saturated heterocycles. The topological polar surface area (TPSA) is 35.9 Å². The summed E-state index contributed by atoms with van der Waals surface area (Å²) in [6.07, 6.45) is 3.45. The van der Waals surface area contributed by atoms with Gasteiger partial charge in [-0.25, -0.2) is 4.98 Å². The van der Waals surface area contributed by atoms with Gasteiger partial charge in [0.05, 0.1) is 47.1 Å². The summed E-state index contributed by atoms with van der Waals surface area (Å²) in [6, 6.07) is 29.6. The van der Waals surface area contributed by atoms with E-state index in [1.807, 2.05) is 60.8 Å². The first-order valence-corrected chi connectivity index (χ1v) is 20.2. The van der Waals surface area contributed by atoms with Gasteiger partial charge < -0.3 is 4.74 Å². The van der Waals surface area contributed by atoms with Crippen LogP contribution >= 0.6 is 0 Å². The van der Waals surface area contributed by atoms with E-state index in [0.717, 1.165) is 33.2 Å². The minimum Gasteiger partial charge on any atom is -0.458 e. The zero-order valence-electron chi connectivity index (χ0n) is 46.3. The normalized spacial score (nSPS) is 14.9. The van der Waals surface area contributed by atoms with E-state index in [9.17, 15) is 0 Å². The van der Waals surface area contributed by atoms with Gasteiger partial charge in [-0.15, -0.1) is 0 Å². The Labute approximate surface area is 374 Å². The van der Waals surface area contributed by atoms with Gasteiger partial charge >= 0.3 is 0 Å². The summed E-state index contributed by atoms with van der Waals surface area (Å²) in [5, 5.41) is 2.07. The molecule has 0 amide bonds. The SMILES string of the molecule is [2H]c1c([2H])c([2H])c(-c2cccc(-c3c([2H])c([2H])c([2H])c([2H])c3[2H])c2-[n+]2[c-]n(-c3cccc(Oc4ccc5c6ccccc6n(-c6cc(C(C)(C)C)ccn6)c5c4)c3)c3cc(C([2H])([2H])C(C)C)ccc32)c([2H])c1[2H]. The quantitative estimate of drug-likeness (QED) is 0.108. The van der Waals surface area contributed by atoms with Crippen LogP contribution < -0.4 is 9.30 Å². The molecule has 10 aromatic rings. The van der Waals surface area contributed by atoms with Crippen molar-refractivity contribution < 1.29 is 25.8 Å². The van der Waals surface area contributed by atoms with Gasteiger partial charge in [-0.2, -0.15) is 0 Å². The Morgan fingerprint density at radius 1 is 0.689 bits per heavy atom. The van der Waals surface area contributed by atoms with Crippen LogP contribution in [0.5, 0.6) is 11.5 Å². The number of para-hydroxylation sites is 2. The molecular formula is C56H48N4O. The van der Waals surface area contributed by atoms with Crippen LogP contribution in [0.15, 0.2) is 182 Å². The Hall–Kier alpha value is -7.24. The highest BCUT2D eigenvalue weighted by Crippen LogP contribution is 2.38. The van der Waals surface area contributed by atoms with E-state index in [1.54, 1.807) is 65.4 Å². The van der Waals surface area contributed by atoms with Gasteiger partial charge in [0.15, 0.2) is 0 Å². The Morgan fingerprint density at radius 3 is 2.10 bits per heavy atom. The van der Waals surface area contributed by atoms with Gasteiger partial charge in [-0.05, 0) is 100 Å². The van der Waals surface area contributed by atoms with E-state index >= 15 is 0 Å². The van der Waals surface area contributed by atoms with Gasteiger partial charge in [0, 0.05) is 25.8 Å². The highest BCUT2D eigenvalue weighted by atomic mass is 16.5. The van der Waals surface area contributed by atoms with Crippen molar-refractivity contribution in [2.75, 3.05) is 0 Å². The van der Waals surface area contributed by atoms with Gasteiger partial charge in [0.1, 0.15) is 17.3 Å². The number of hydrogen-bond donors (Lipinski definition) is 0. The number of benzene rings is 7. The number of rotatable bonds is 9. The highest BCUT2D eigenvalue weighted by molar-refractivity contribution is 6.09. The third-order valence-corrected chi connectivity index (χ3v) is 10.7. The summed E-state index contributed by atoms with van der Waals surface area (Å²) in [5.41, 5.74) is 4.54. The van der Waals surface area contributed by atoms with E-state index in [-0.39, 0.29) is 33.4 Å². The van der Waals surface area contributed by atoms with Crippen molar-refractivity contribution in [1.82, 2.24) is 14.1 Å². The first-order valence-electron chi connectivity index (χ1n) is 26.2. The lowest BCUT2D eigenvalue weighted by Crippen LogP contribution is -2.31. The second kappa shape index (κ2) is 15.4. The molecule has 10 rings (SSSR count). The lowest BCUT2D eigenvalue weighted by Gasteiger charge is -2.20. The molecule has 0 spiro atoms. The van der Waals surface area contributed by atoms with E-state index in [1.165, 1.54) is 0 Å². The molecule has 7 aromatic carbocycles. The average Bonchev–Trinajstić information content (AvgIpc) is 3.91. The minimum atomic E-state index is -1.80. The molecule has 0 aliphatic rings. The monoisotopic (exact) mass is 804 g/mol. The van der Waals surface area contributed by atoms with E-state index in [2.05, 4.69) is 49.9 Å². The summed E-state index contributed by atoms with van der Waals surface area (Å²) in [5.74, 6) is 1.32. The van der Waals surface area contributed by atoms with Gasteiger partial charge in [-0.3, -0.25) is 13.7 Å². The lowest BCUT2D eigenvalue weighted by molar-refractivity contribution is -0.571. The van der Waals surface area contributed by atoms with E-state index < -0.39 is 72.7 Å². The molecule has 0 aliphatic carbocycles. The molecular weight excluding hydrogens is 745 g/mol. The minimum absolute atomic E-state index is 0.0911. The second-order valence-electron chi connectivity index (χ2n) is 16.3. The van der Waals surface area contributed by atoms with Crippen LogP contribution in [-0.4, -0.2) is 14.1 Å². The molecule has 0 fully saturated rings. The number of nitrogens with zero attached hydrogens (tertiary/aromatic N) is 4. The number of ether oxygens (including phenoxy) is 1. The number of imidazole rings is 1. The van der Waals surface area contributed by atoms with Crippen molar-refractivity contribution in [1.29, 1.82) is 0 Å². The Balaban J connectivity index is 1.20. The third kappa shape index (κ3) is 7.16. The Morgan fingerprint density at radius 2 is 1.38 bits per heavy atom. The number of aromatic nitrogens is 4. The van der Waals surface area contributed by atoms with Crippen molar-refractivity contribution in [2.24, 2.45) is 5.92 Å². The Bertz CT molecular complexity index is 3760. The zero-order chi connectivity index (χ0) is 52.2. The van der Waals surface area contributed by atoms with Crippen molar-refractivity contribution >= 4 is 32.8 Å². The molecule has 0 saturated carbocycles. The molecule has 3 aromatic heterocycles. The van der Waals surface area contributed by atoms with Crippen LogP contribution in [0.1, 0.15) is 62.2 Å². The van der Waals surface area contributed by atoms with Gasteiger partial charge in [0.25, 0.3) is 6.33 Å². The fourth-order valence-corrected chi connectivity index (χ4v) is 7.94. The van der Waals surface area contributed by atoms with E-state index in [0.29, 0.717) is 33.8 Å². The summed E-state index contributed by atoms with van der Waals surface area (Å²) in [4.78, 5) is 4.82. The molecule has 61 heavy (non-hydrogen) atoms. The molecule has 0 bridgehead atoms. The molecule has 298 valence electrons. The lowest BCUT2D eigenvalue weighted by atomic mass is 9.88. The summed E-state index contributed by atoms with van der Waals surface area (Å²) >= 11 is 0. The standard InChI is InChI=1S/C56H48N4O/c1-38(2)32-39-26-29-51-53(33-39)58(37-59(51)55-46(40-16-8-6-9-17-40)23-15-24-47(55)41-18-10-7-11-19-41)43-20-14-21-44(35-43)61-45-27-28-49-48-22-12-13-25-50(48)60(52(49)36-45)54-34-42(30-31-57-54)56(3,4)5/h6-31,33-36,38H,32H2,1-5H3/i6D,7D,8D,9D,10D,11D,16D,17D,18D,19D,32D2. The zero-order valence-corrected chi connectivity index (χ0v) is 34.3. The maximum atomic E-state index is 9.13. The predicted molar refractivity (Wildman–Crippen MR) is 250 cm³/mol. The predicted octanol–water partition coefficient (Wildman–Crippen LogP) is 13.8. The fraction of sp³-hybridized carbons (Fsp3) is 0.143. The number of hydrogen-bond acceptors (Lipinski definition) is 2. The summed E-state index contributed by atoms with van der Waals surface area (Å²) in [6.45, 7) is 10.1. The molecule has 0 atom stereocenters. The van der Waals surface area contributed by atoms with E-state index in [4.69, 9.17) is 26.2 Å².